The molecule has 4 amide bonds. The van der Waals surface area contributed by atoms with Crippen LogP contribution in [0.15, 0.2) is 41.8 Å². The maximum absolute atomic E-state index is 12.9. The molecule has 2 heterocycles. The second-order valence-electron chi connectivity index (χ2n) is 7.22. The number of carbonyl (C=O) groups is 4. The Morgan fingerprint density at radius 1 is 1.19 bits per heavy atom. The maximum Gasteiger partial charge on any atom is 0.321 e. The Morgan fingerprint density at radius 2 is 1.94 bits per heavy atom. The van der Waals surface area contributed by atoms with Gasteiger partial charge in [-0.25, -0.2) is 4.79 Å². The Balaban J connectivity index is 1.79. The Kier molecular flexibility index (Phi) is 7.41. The maximum atomic E-state index is 12.9. The highest BCUT2D eigenvalue weighted by molar-refractivity contribution is 7.10. The Hall–Kier alpha value is -3.20. The van der Waals surface area contributed by atoms with E-state index in [4.69, 9.17) is 4.74 Å². The van der Waals surface area contributed by atoms with E-state index in [1.165, 1.54) is 11.3 Å². The number of thiophene rings is 1. The second-order valence-corrected chi connectivity index (χ2v) is 8.20. The van der Waals surface area contributed by atoms with E-state index >= 15 is 0 Å². The van der Waals surface area contributed by atoms with Gasteiger partial charge in [-0.05, 0) is 43.8 Å². The van der Waals surface area contributed by atoms with E-state index in [9.17, 15) is 19.2 Å². The highest BCUT2D eigenvalue weighted by Gasteiger charge is 2.43. The van der Waals surface area contributed by atoms with Crippen LogP contribution in [-0.2, 0) is 19.1 Å². The number of nitrogens with zero attached hydrogens (tertiary/aromatic N) is 1. The lowest BCUT2D eigenvalue weighted by Gasteiger charge is -2.39. The van der Waals surface area contributed by atoms with Gasteiger partial charge < -0.3 is 15.0 Å². The van der Waals surface area contributed by atoms with E-state index in [-0.39, 0.29) is 12.3 Å². The van der Waals surface area contributed by atoms with Crippen molar-refractivity contribution < 1.29 is 23.9 Å². The summed E-state index contributed by atoms with van der Waals surface area (Å²) in [5.41, 5.74) is 1.77. The second kappa shape index (κ2) is 10.2. The molecule has 1 aliphatic rings. The first-order valence-electron chi connectivity index (χ1n) is 10.1. The molecular formula is C22H25N3O5S. The van der Waals surface area contributed by atoms with Crippen LogP contribution in [0.25, 0.3) is 0 Å². The SMILES string of the molecule is CCNC(=O)NC(=O)COC(=O)C1CCC(=O)N(c2ccc(C)cc2)C1c1cccs1. The number of anilines is 1. The fourth-order valence-corrected chi connectivity index (χ4v) is 4.43. The van der Waals surface area contributed by atoms with Crippen molar-refractivity contribution in [3.05, 3.63) is 52.2 Å². The predicted molar refractivity (Wildman–Crippen MR) is 117 cm³/mol. The highest BCUT2D eigenvalue weighted by atomic mass is 32.1. The molecule has 2 unspecified atom stereocenters. The molecule has 2 aromatic rings. The summed E-state index contributed by atoms with van der Waals surface area (Å²) in [6.07, 6.45) is 0.515. The molecule has 0 bridgehead atoms. The van der Waals surface area contributed by atoms with Crippen molar-refractivity contribution in [1.82, 2.24) is 10.6 Å². The molecular weight excluding hydrogens is 418 g/mol. The lowest BCUT2D eigenvalue weighted by Crippen LogP contribution is -2.46. The number of aryl methyl sites for hydroxylation is 1. The summed E-state index contributed by atoms with van der Waals surface area (Å²) in [7, 11) is 0. The number of esters is 1. The predicted octanol–water partition coefficient (Wildman–Crippen LogP) is 2.93. The summed E-state index contributed by atoms with van der Waals surface area (Å²) in [6.45, 7) is 3.48. The van der Waals surface area contributed by atoms with Crippen LogP contribution in [0.4, 0.5) is 10.5 Å². The average molecular weight is 444 g/mol. The van der Waals surface area contributed by atoms with Crippen LogP contribution in [0, 0.1) is 12.8 Å². The highest BCUT2D eigenvalue weighted by Crippen LogP contribution is 2.42. The third-order valence-electron chi connectivity index (χ3n) is 4.98. The summed E-state index contributed by atoms with van der Waals surface area (Å²) in [5, 5.41) is 6.42. The van der Waals surface area contributed by atoms with Crippen molar-refractivity contribution in [3.63, 3.8) is 0 Å². The minimum absolute atomic E-state index is 0.0692. The molecule has 2 atom stereocenters. The fraction of sp³-hybridized carbons (Fsp3) is 0.364. The van der Waals surface area contributed by atoms with Crippen molar-refractivity contribution in [1.29, 1.82) is 0 Å². The van der Waals surface area contributed by atoms with Gasteiger partial charge in [-0.15, -0.1) is 11.3 Å². The standard InChI is InChI=1S/C22H25N3O5S/c1-3-23-22(29)24-18(26)13-30-21(28)16-10-11-19(27)25(15-8-6-14(2)7-9-15)20(16)17-5-4-12-31-17/h4-9,12,16,20H,3,10-11,13H2,1-2H3,(H2,23,24,26,29). The molecule has 31 heavy (non-hydrogen) atoms. The molecule has 1 fully saturated rings. The minimum atomic E-state index is -0.714. The molecule has 1 saturated heterocycles. The number of benzene rings is 1. The van der Waals surface area contributed by atoms with Crippen LogP contribution < -0.4 is 15.5 Å². The molecule has 0 radical (unpaired) electrons. The minimum Gasteiger partial charge on any atom is -0.455 e. The van der Waals surface area contributed by atoms with E-state index in [1.807, 2.05) is 48.7 Å². The largest absolute Gasteiger partial charge is 0.455 e. The Labute approximate surface area is 184 Å². The quantitative estimate of drug-likeness (QED) is 0.668. The van der Waals surface area contributed by atoms with Crippen LogP contribution in [0.5, 0.6) is 0 Å². The third-order valence-corrected chi connectivity index (χ3v) is 5.93. The van der Waals surface area contributed by atoms with E-state index in [0.717, 1.165) is 10.4 Å². The molecule has 9 heteroatoms. The first-order chi connectivity index (χ1) is 14.9. The van der Waals surface area contributed by atoms with Gasteiger partial charge in [-0.2, -0.15) is 0 Å². The van der Waals surface area contributed by atoms with Crippen LogP contribution in [0.2, 0.25) is 0 Å². The number of urea groups is 1. The van der Waals surface area contributed by atoms with Crippen LogP contribution in [0.3, 0.4) is 0 Å². The van der Waals surface area contributed by atoms with Crippen molar-refractivity contribution in [2.75, 3.05) is 18.1 Å². The Morgan fingerprint density at radius 3 is 2.58 bits per heavy atom. The number of piperidine rings is 1. The van der Waals surface area contributed by atoms with Crippen LogP contribution in [-0.4, -0.2) is 37.0 Å². The summed E-state index contributed by atoms with van der Waals surface area (Å²) in [6, 6.07) is 10.1. The smallest absolute Gasteiger partial charge is 0.321 e. The molecule has 0 aliphatic carbocycles. The summed E-state index contributed by atoms with van der Waals surface area (Å²) in [5.74, 6) is -1.99. The number of imide groups is 1. The van der Waals surface area contributed by atoms with Gasteiger partial charge in [0.1, 0.15) is 0 Å². The zero-order chi connectivity index (χ0) is 22.4. The van der Waals surface area contributed by atoms with E-state index in [0.29, 0.717) is 18.7 Å². The van der Waals surface area contributed by atoms with E-state index in [1.54, 1.807) is 11.8 Å². The molecule has 0 saturated carbocycles. The topological polar surface area (TPSA) is 105 Å². The molecule has 164 valence electrons. The zero-order valence-electron chi connectivity index (χ0n) is 17.4. The van der Waals surface area contributed by atoms with Gasteiger partial charge in [0.15, 0.2) is 6.61 Å². The fourth-order valence-electron chi connectivity index (χ4n) is 3.55. The molecule has 2 N–H and O–H groups in total. The summed E-state index contributed by atoms with van der Waals surface area (Å²) < 4.78 is 5.22. The molecule has 1 aromatic heterocycles. The average Bonchev–Trinajstić information content (AvgIpc) is 3.27. The molecule has 0 spiro atoms. The summed E-state index contributed by atoms with van der Waals surface area (Å²) in [4.78, 5) is 51.6. The monoisotopic (exact) mass is 443 g/mol. The lowest BCUT2D eigenvalue weighted by atomic mass is 9.87. The van der Waals surface area contributed by atoms with Crippen molar-refractivity contribution in [3.8, 4) is 0 Å². The first kappa shape index (κ1) is 22.5. The number of amides is 4. The molecule has 3 rings (SSSR count). The van der Waals surface area contributed by atoms with Gasteiger partial charge in [0.25, 0.3) is 5.91 Å². The van der Waals surface area contributed by atoms with E-state index in [2.05, 4.69) is 10.6 Å². The first-order valence-corrected chi connectivity index (χ1v) is 10.9. The normalized spacial score (nSPS) is 18.4. The summed E-state index contributed by atoms with van der Waals surface area (Å²) >= 11 is 1.46. The van der Waals surface area contributed by atoms with E-state index < -0.39 is 36.5 Å². The molecule has 1 aliphatic heterocycles. The number of carbonyl (C=O) groups excluding carboxylic acids is 4. The van der Waals surface area contributed by atoms with Crippen molar-refractivity contribution in [2.24, 2.45) is 5.92 Å². The van der Waals surface area contributed by atoms with Gasteiger partial charge in [-0.3, -0.25) is 19.7 Å². The molecule has 1 aromatic carbocycles. The van der Waals surface area contributed by atoms with Crippen molar-refractivity contribution in [2.45, 2.75) is 32.7 Å². The van der Waals surface area contributed by atoms with Gasteiger partial charge in [0, 0.05) is 23.5 Å². The number of hydrogen-bond donors (Lipinski definition) is 2. The van der Waals surface area contributed by atoms with Gasteiger partial charge in [0.05, 0.1) is 12.0 Å². The number of ether oxygens (including phenoxy) is 1. The lowest BCUT2D eigenvalue weighted by molar-refractivity contribution is -0.154. The number of hydrogen-bond acceptors (Lipinski definition) is 6. The van der Waals surface area contributed by atoms with Crippen LogP contribution in [0.1, 0.15) is 36.2 Å². The third kappa shape index (κ3) is 5.49. The van der Waals surface area contributed by atoms with Crippen molar-refractivity contribution >= 4 is 40.8 Å². The number of rotatable bonds is 6. The molecule has 8 nitrogen and oxygen atoms in total. The van der Waals surface area contributed by atoms with Crippen LogP contribution >= 0.6 is 11.3 Å². The van der Waals surface area contributed by atoms with Gasteiger partial charge in [0.2, 0.25) is 5.91 Å². The van der Waals surface area contributed by atoms with Gasteiger partial charge in [-0.1, -0.05) is 23.8 Å². The number of nitrogens with one attached hydrogen (secondary N) is 2. The van der Waals surface area contributed by atoms with Gasteiger partial charge >= 0.3 is 12.0 Å². The zero-order valence-corrected chi connectivity index (χ0v) is 18.2. The Bertz CT molecular complexity index is 943.